The highest BCUT2D eigenvalue weighted by molar-refractivity contribution is 7.99. The van der Waals surface area contributed by atoms with E-state index in [2.05, 4.69) is 22.0 Å². The van der Waals surface area contributed by atoms with E-state index in [0.29, 0.717) is 10.5 Å². The molecule has 1 N–H and O–H groups in total. The number of hydrogen-bond donors (Lipinski definition) is 1. The molecular formula is C9H14N4O2S. The van der Waals surface area contributed by atoms with Crippen LogP contribution in [0.1, 0.15) is 12.8 Å². The number of aromatic amines is 1. The number of aromatic nitrogens is 3. The molecule has 0 saturated carbocycles. The molecule has 1 aliphatic heterocycles. The van der Waals surface area contributed by atoms with Crippen LogP contribution >= 0.6 is 11.8 Å². The van der Waals surface area contributed by atoms with E-state index in [4.69, 9.17) is 0 Å². The molecule has 1 unspecified atom stereocenters. The van der Waals surface area contributed by atoms with Gasteiger partial charge in [-0.1, -0.05) is 11.8 Å². The average Bonchev–Trinajstić information content (AvgIpc) is 2.61. The highest BCUT2D eigenvalue weighted by atomic mass is 32.2. The van der Waals surface area contributed by atoms with Gasteiger partial charge in [-0.05, 0) is 26.4 Å². The third kappa shape index (κ3) is 2.19. The minimum absolute atomic E-state index is 0.337. The van der Waals surface area contributed by atoms with E-state index in [1.165, 1.54) is 16.4 Å². The maximum absolute atomic E-state index is 11.2. The number of rotatable bonds is 2. The van der Waals surface area contributed by atoms with Crippen LogP contribution in [0.2, 0.25) is 0 Å². The number of nitrogens with one attached hydrogen (secondary N) is 1. The summed E-state index contributed by atoms with van der Waals surface area (Å²) in [5.74, 6) is 0. The molecule has 6 nitrogen and oxygen atoms in total. The van der Waals surface area contributed by atoms with Crippen molar-refractivity contribution in [2.24, 2.45) is 7.05 Å². The molecule has 7 heteroatoms. The third-order valence-corrected chi connectivity index (χ3v) is 4.09. The zero-order chi connectivity index (χ0) is 11.7. The van der Waals surface area contributed by atoms with Crippen molar-refractivity contribution < 1.29 is 0 Å². The molecule has 0 amide bonds. The summed E-state index contributed by atoms with van der Waals surface area (Å²) in [6.45, 7) is 1.06. The van der Waals surface area contributed by atoms with Crippen molar-refractivity contribution in [1.82, 2.24) is 19.7 Å². The first-order valence-corrected chi connectivity index (χ1v) is 6.00. The SMILES string of the molecule is CN1CCCC1Sc1nc(=O)c(=O)[nH]n1C. The molecule has 1 saturated heterocycles. The van der Waals surface area contributed by atoms with Crippen molar-refractivity contribution in [3.8, 4) is 0 Å². The fraction of sp³-hybridized carbons (Fsp3) is 0.667. The van der Waals surface area contributed by atoms with Crippen LogP contribution in [0.5, 0.6) is 0 Å². The Balaban J connectivity index is 2.24. The molecule has 1 aliphatic rings. The standard InChI is InChI=1S/C9H14N4O2S/c1-12-5-3-4-6(12)16-9-10-7(14)8(15)11-13(9)2/h6H,3-5H2,1-2H3,(H,11,15). The van der Waals surface area contributed by atoms with Gasteiger partial charge in [0.05, 0.1) is 5.37 Å². The number of aryl methyl sites for hydroxylation is 1. The van der Waals surface area contributed by atoms with Crippen molar-refractivity contribution in [2.75, 3.05) is 13.6 Å². The molecule has 0 spiro atoms. The topological polar surface area (TPSA) is 71.0 Å². The van der Waals surface area contributed by atoms with Gasteiger partial charge in [0.25, 0.3) is 0 Å². The third-order valence-electron chi connectivity index (χ3n) is 2.64. The number of H-pyrrole nitrogens is 1. The van der Waals surface area contributed by atoms with Crippen LogP contribution in [0, 0.1) is 0 Å². The first kappa shape index (κ1) is 11.4. The average molecular weight is 242 g/mol. The largest absolute Gasteiger partial charge is 0.339 e. The highest BCUT2D eigenvalue weighted by Crippen LogP contribution is 2.29. The van der Waals surface area contributed by atoms with Crippen LogP contribution in [0.15, 0.2) is 14.7 Å². The lowest BCUT2D eigenvalue weighted by molar-refractivity contribution is 0.389. The van der Waals surface area contributed by atoms with Gasteiger partial charge < -0.3 is 0 Å². The molecule has 1 atom stereocenters. The van der Waals surface area contributed by atoms with Crippen molar-refractivity contribution in [3.05, 3.63) is 20.7 Å². The molecule has 2 heterocycles. The Morgan fingerprint density at radius 1 is 1.44 bits per heavy atom. The van der Waals surface area contributed by atoms with E-state index in [1.54, 1.807) is 7.05 Å². The van der Waals surface area contributed by atoms with E-state index < -0.39 is 11.1 Å². The smallest absolute Gasteiger partial charge is 0.294 e. The summed E-state index contributed by atoms with van der Waals surface area (Å²) >= 11 is 1.52. The lowest BCUT2D eigenvalue weighted by atomic mass is 10.4. The number of thioether (sulfide) groups is 1. The normalized spacial score (nSPS) is 21.5. The van der Waals surface area contributed by atoms with E-state index in [1.807, 2.05) is 0 Å². The molecule has 16 heavy (non-hydrogen) atoms. The fourth-order valence-corrected chi connectivity index (χ4v) is 2.87. The van der Waals surface area contributed by atoms with Crippen LogP contribution in [-0.2, 0) is 7.05 Å². The Labute approximate surface area is 96.7 Å². The molecule has 2 rings (SSSR count). The Kier molecular flexibility index (Phi) is 3.15. The van der Waals surface area contributed by atoms with Gasteiger partial charge in [-0.25, -0.2) is 0 Å². The van der Waals surface area contributed by atoms with E-state index in [-0.39, 0.29) is 0 Å². The number of nitrogens with zero attached hydrogens (tertiary/aromatic N) is 3. The predicted molar refractivity (Wildman–Crippen MR) is 61.6 cm³/mol. The van der Waals surface area contributed by atoms with Gasteiger partial charge in [0.2, 0.25) is 0 Å². The van der Waals surface area contributed by atoms with E-state index in [0.717, 1.165) is 19.4 Å². The Morgan fingerprint density at radius 2 is 2.19 bits per heavy atom. The summed E-state index contributed by atoms with van der Waals surface area (Å²) in [6, 6.07) is 0. The molecule has 0 aromatic carbocycles. The fourth-order valence-electron chi connectivity index (χ4n) is 1.72. The van der Waals surface area contributed by atoms with Crippen molar-refractivity contribution in [2.45, 2.75) is 23.4 Å². The van der Waals surface area contributed by atoms with Crippen molar-refractivity contribution in [1.29, 1.82) is 0 Å². The van der Waals surface area contributed by atoms with Crippen molar-refractivity contribution >= 4 is 11.8 Å². The van der Waals surface area contributed by atoms with Gasteiger partial charge in [0, 0.05) is 7.05 Å². The second kappa shape index (κ2) is 4.42. The Hall–Kier alpha value is -1.08. The summed E-state index contributed by atoms with van der Waals surface area (Å²) in [5, 5.41) is 3.34. The molecule has 1 aromatic heterocycles. The first-order chi connectivity index (χ1) is 7.58. The summed E-state index contributed by atoms with van der Waals surface area (Å²) < 4.78 is 1.50. The minimum Gasteiger partial charge on any atom is -0.294 e. The molecular weight excluding hydrogens is 228 g/mol. The lowest BCUT2D eigenvalue weighted by Gasteiger charge is -2.18. The second-order valence-corrected chi connectivity index (χ2v) is 5.04. The molecule has 0 radical (unpaired) electrons. The second-order valence-electron chi connectivity index (χ2n) is 3.89. The first-order valence-electron chi connectivity index (χ1n) is 5.12. The lowest BCUT2D eigenvalue weighted by Crippen LogP contribution is -2.34. The molecule has 0 aliphatic carbocycles. The van der Waals surface area contributed by atoms with Gasteiger partial charge in [-0.2, -0.15) is 4.98 Å². The van der Waals surface area contributed by atoms with Gasteiger partial charge >= 0.3 is 11.1 Å². The highest BCUT2D eigenvalue weighted by Gasteiger charge is 2.23. The minimum atomic E-state index is -0.721. The monoisotopic (exact) mass is 242 g/mol. The summed E-state index contributed by atoms with van der Waals surface area (Å²) in [4.78, 5) is 28.2. The quantitative estimate of drug-likeness (QED) is 0.715. The summed E-state index contributed by atoms with van der Waals surface area (Å²) in [7, 11) is 3.74. The van der Waals surface area contributed by atoms with E-state index >= 15 is 0 Å². The van der Waals surface area contributed by atoms with E-state index in [9.17, 15) is 9.59 Å². The molecule has 88 valence electrons. The number of likely N-dealkylation sites (tertiary alicyclic amines) is 1. The summed E-state index contributed by atoms with van der Waals surface area (Å²) in [6.07, 6.45) is 2.24. The van der Waals surface area contributed by atoms with Crippen molar-refractivity contribution in [3.63, 3.8) is 0 Å². The molecule has 1 fully saturated rings. The maximum atomic E-state index is 11.2. The van der Waals surface area contributed by atoms with Gasteiger partial charge in [0.1, 0.15) is 0 Å². The van der Waals surface area contributed by atoms with Gasteiger partial charge in [-0.3, -0.25) is 24.3 Å². The van der Waals surface area contributed by atoms with Crippen LogP contribution in [0.4, 0.5) is 0 Å². The van der Waals surface area contributed by atoms with Crippen LogP contribution in [0.25, 0.3) is 0 Å². The van der Waals surface area contributed by atoms with Gasteiger partial charge in [0.15, 0.2) is 5.16 Å². The van der Waals surface area contributed by atoms with Crippen LogP contribution in [-0.4, -0.2) is 38.6 Å². The number of hydrogen-bond acceptors (Lipinski definition) is 5. The maximum Gasteiger partial charge on any atom is 0.339 e. The molecule has 0 bridgehead atoms. The molecule has 1 aromatic rings. The summed E-state index contributed by atoms with van der Waals surface area (Å²) in [5.41, 5.74) is -1.40. The van der Waals surface area contributed by atoms with Gasteiger partial charge in [-0.15, -0.1) is 0 Å². The Morgan fingerprint density at radius 3 is 2.81 bits per heavy atom. The zero-order valence-corrected chi connectivity index (χ0v) is 10.1. The zero-order valence-electron chi connectivity index (χ0n) is 9.27. The predicted octanol–water partition coefficient (Wildman–Crippen LogP) is -0.388. The van der Waals surface area contributed by atoms with Crippen LogP contribution < -0.4 is 11.1 Å². The Bertz CT molecular complexity index is 495. The van der Waals surface area contributed by atoms with Crippen LogP contribution in [0.3, 0.4) is 0 Å².